The van der Waals surface area contributed by atoms with E-state index in [4.69, 9.17) is 4.74 Å². The smallest absolute Gasteiger partial charge is 0.338 e. The van der Waals surface area contributed by atoms with Crippen LogP contribution in [0.3, 0.4) is 0 Å². The number of pyridine rings is 1. The molecule has 1 aromatic carbocycles. The van der Waals surface area contributed by atoms with Gasteiger partial charge in [-0.1, -0.05) is 32.6 Å². The lowest BCUT2D eigenvalue weighted by atomic mass is 10.2. The van der Waals surface area contributed by atoms with Gasteiger partial charge in [-0.2, -0.15) is 0 Å². The first-order valence-electron chi connectivity index (χ1n) is 11.4. The number of benzene rings is 1. The van der Waals surface area contributed by atoms with Crippen LogP contribution in [0.2, 0.25) is 0 Å². The maximum Gasteiger partial charge on any atom is 0.338 e. The Morgan fingerprint density at radius 3 is 2.55 bits per heavy atom. The third-order valence-electron chi connectivity index (χ3n) is 5.66. The Hall–Kier alpha value is -2.78. The van der Waals surface area contributed by atoms with Crippen LogP contribution in [0, 0.1) is 6.92 Å². The zero-order chi connectivity index (χ0) is 23.8. The van der Waals surface area contributed by atoms with Gasteiger partial charge in [-0.05, 0) is 56.3 Å². The van der Waals surface area contributed by atoms with Crippen LogP contribution in [-0.2, 0) is 0 Å². The van der Waals surface area contributed by atoms with Crippen LogP contribution in [0.4, 0.5) is 16.3 Å². The minimum atomic E-state index is -0.637. The number of imide groups is 1. The average molecular weight is 472 g/mol. The Morgan fingerprint density at radius 1 is 1.15 bits per heavy atom. The minimum Gasteiger partial charge on any atom is -0.493 e. The number of hydrogen-bond donors (Lipinski definition) is 2. The first kappa shape index (κ1) is 24.9. The zero-order valence-corrected chi connectivity index (χ0v) is 20.5. The zero-order valence-electron chi connectivity index (χ0n) is 19.6. The number of aromatic nitrogens is 1. The summed E-state index contributed by atoms with van der Waals surface area (Å²) < 4.78 is 6.91. The topological polar surface area (TPSA) is 78.0 Å². The molecular weight excluding hydrogens is 438 g/mol. The molecule has 1 saturated heterocycles. The lowest BCUT2D eigenvalue weighted by molar-refractivity contribution is 0.0966. The van der Waals surface area contributed by atoms with Gasteiger partial charge in [0.1, 0.15) is 11.6 Å². The first-order chi connectivity index (χ1) is 15.9. The summed E-state index contributed by atoms with van der Waals surface area (Å²) in [6.45, 7) is 8.46. The molecule has 0 unspecified atom stereocenters. The van der Waals surface area contributed by atoms with E-state index in [0.29, 0.717) is 17.9 Å². The minimum absolute atomic E-state index is 0.315. The quantitative estimate of drug-likeness (QED) is 0.449. The number of rotatable bonds is 8. The second kappa shape index (κ2) is 11.9. The first-order valence-corrected chi connectivity index (χ1v) is 11.8. The van der Waals surface area contributed by atoms with Crippen molar-refractivity contribution in [3.63, 3.8) is 0 Å². The number of aryl methyl sites for hydroxylation is 1. The van der Waals surface area contributed by atoms with Gasteiger partial charge in [-0.25, -0.2) is 14.1 Å². The predicted molar refractivity (Wildman–Crippen MR) is 134 cm³/mol. The van der Waals surface area contributed by atoms with Crippen LogP contribution < -0.4 is 19.3 Å². The molecule has 9 heteroatoms. The molecule has 3 amide bonds. The van der Waals surface area contributed by atoms with Gasteiger partial charge in [0.15, 0.2) is 0 Å². The molecule has 1 fully saturated rings. The number of unbranched alkanes of at least 4 members (excludes halogenated alkanes) is 2. The van der Waals surface area contributed by atoms with Crippen molar-refractivity contribution in [1.82, 2.24) is 15.2 Å². The van der Waals surface area contributed by atoms with Gasteiger partial charge in [0, 0.05) is 32.4 Å². The Morgan fingerprint density at radius 2 is 1.91 bits per heavy atom. The molecule has 1 aliphatic rings. The molecule has 0 spiro atoms. The van der Waals surface area contributed by atoms with Crippen LogP contribution in [-0.4, -0.2) is 61.7 Å². The van der Waals surface area contributed by atoms with Crippen molar-refractivity contribution in [3.8, 4) is 5.75 Å². The van der Waals surface area contributed by atoms with Gasteiger partial charge in [0.25, 0.3) is 5.91 Å². The largest absolute Gasteiger partial charge is 0.493 e. The van der Waals surface area contributed by atoms with Crippen molar-refractivity contribution in [1.29, 1.82) is 0 Å². The molecule has 2 aromatic rings. The maximum atomic E-state index is 12.6. The molecule has 0 bridgehead atoms. The standard InChI is InChI=1S/C24H33N5O3S/c1-4-5-6-15-32-21-9-8-20(16-18(21)2)29(33)24(31)26-23(30)19-7-10-22(25-17-19)28-13-11-27(3)12-14-28/h7-10,16-17,33H,4-6,11-15H2,1-3H3,(H,26,30,31). The van der Waals surface area contributed by atoms with E-state index in [9.17, 15) is 9.59 Å². The number of nitrogens with one attached hydrogen (secondary N) is 1. The average Bonchev–Trinajstić information content (AvgIpc) is 2.82. The van der Waals surface area contributed by atoms with Crippen LogP contribution in [0.25, 0.3) is 0 Å². The van der Waals surface area contributed by atoms with Crippen molar-refractivity contribution >= 4 is 36.3 Å². The summed E-state index contributed by atoms with van der Waals surface area (Å²) in [6.07, 6.45) is 4.77. The van der Waals surface area contributed by atoms with E-state index < -0.39 is 11.9 Å². The number of piperazine rings is 1. The Kier molecular flexibility index (Phi) is 8.96. The summed E-state index contributed by atoms with van der Waals surface area (Å²) in [5.74, 6) is 1.08. The monoisotopic (exact) mass is 471 g/mol. The van der Waals surface area contributed by atoms with E-state index in [-0.39, 0.29) is 0 Å². The number of anilines is 2. The third-order valence-corrected chi connectivity index (χ3v) is 6.07. The normalized spacial score (nSPS) is 14.1. The molecule has 1 aliphatic heterocycles. The summed E-state index contributed by atoms with van der Waals surface area (Å²) in [6, 6.07) is 8.22. The van der Waals surface area contributed by atoms with E-state index in [2.05, 4.69) is 46.9 Å². The van der Waals surface area contributed by atoms with E-state index >= 15 is 0 Å². The molecule has 0 atom stereocenters. The summed E-state index contributed by atoms with van der Waals surface area (Å²) in [7, 11) is 2.10. The van der Waals surface area contributed by atoms with Crippen molar-refractivity contribution < 1.29 is 14.3 Å². The Labute approximate surface area is 201 Å². The SMILES string of the molecule is CCCCCOc1ccc(N(S)C(=O)NC(=O)c2ccc(N3CCN(C)CC3)nc2)cc1C. The van der Waals surface area contributed by atoms with Crippen molar-refractivity contribution in [2.24, 2.45) is 0 Å². The molecule has 0 aliphatic carbocycles. The number of hydrogen-bond acceptors (Lipinski definition) is 7. The number of carbonyl (C=O) groups excluding carboxylic acids is 2. The number of ether oxygens (including phenoxy) is 1. The summed E-state index contributed by atoms with van der Waals surface area (Å²) in [4.78, 5) is 34.0. The van der Waals surface area contributed by atoms with E-state index in [1.165, 1.54) is 6.20 Å². The van der Waals surface area contributed by atoms with E-state index in [0.717, 1.165) is 66.9 Å². The van der Waals surface area contributed by atoms with E-state index in [1.54, 1.807) is 18.2 Å². The molecule has 0 saturated carbocycles. The third kappa shape index (κ3) is 6.85. The predicted octanol–water partition coefficient (Wildman–Crippen LogP) is 3.91. The molecule has 33 heavy (non-hydrogen) atoms. The fourth-order valence-corrected chi connectivity index (χ4v) is 3.72. The van der Waals surface area contributed by atoms with Crippen molar-refractivity contribution in [3.05, 3.63) is 47.7 Å². The molecule has 2 heterocycles. The number of thiol groups is 1. The summed E-state index contributed by atoms with van der Waals surface area (Å²) in [5, 5.41) is 2.36. The molecule has 0 radical (unpaired) electrons. The fourth-order valence-electron chi connectivity index (χ4n) is 3.54. The molecule has 1 N–H and O–H groups in total. The fraction of sp³-hybridized carbons (Fsp3) is 0.458. The lowest BCUT2D eigenvalue weighted by Gasteiger charge is -2.33. The second-order valence-electron chi connectivity index (χ2n) is 8.27. The summed E-state index contributed by atoms with van der Waals surface area (Å²) in [5.41, 5.74) is 1.76. The number of urea groups is 1. The van der Waals surface area contributed by atoms with Crippen molar-refractivity contribution in [2.75, 3.05) is 49.0 Å². The number of amides is 3. The number of likely N-dealkylation sites (N-methyl/N-ethyl adjacent to an activating group) is 1. The highest BCUT2D eigenvalue weighted by Crippen LogP contribution is 2.26. The molecule has 8 nitrogen and oxygen atoms in total. The highest BCUT2D eigenvalue weighted by atomic mass is 32.1. The van der Waals surface area contributed by atoms with Gasteiger partial charge in [0.05, 0.1) is 17.9 Å². The molecule has 1 aromatic heterocycles. The Bertz CT molecular complexity index is 946. The van der Waals surface area contributed by atoms with Crippen LogP contribution in [0.1, 0.15) is 42.1 Å². The molecule has 178 valence electrons. The second-order valence-corrected chi connectivity index (χ2v) is 8.67. The highest BCUT2D eigenvalue weighted by molar-refractivity contribution is 7.82. The van der Waals surface area contributed by atoms with Crippen molar-refractivity contribution in [2.45, 2.75) is 33.1 Å². The van der Waals surface area contributed by atoms with Gasteiger partial charge in [-0.15, -0.1) is 0 Å². The van der Waals surface area contributed by atoms with E-state index in [1.807, 2.05) is 19.1 Å². The van der Waals surface area contributed by atoms with Crippen LogP contribution in [0.15, 0.2) is 36.5 Å². The van der Waals surface area contributed by atoms with Crippen LogP contribution in [0.5, 0.6) is 5.75 Å². The van der Waals surface area contributed by atoms with Gasteiger partial charge >= 0.3 is 6.03 Å². The van der Waals surface area contributed by atoms with Gasteiger partial charge in [-0.3, -0.25) is 10.1 Å². The molecular formula is C24H33N5O3S. The van der Waals surface area contributed by atoms with Crippen LogP contribution >= 0.6 is 12.8 Å². The number of carbonyl (C=O) groups is 2. The van der Waals surface area contributed by atoms with Gasteiger partial charge in [0.2, 0.25) is 0 Å². The summed E-state index contributed by atoms with van der Waals surface area (Å²) >= 11 is 4.28. The highest BCUT2D eigenvalue weighted by Gasteiger charge is 2.19. The molecule has 3 rings (SSSR count). The number of nitrogens with zero attached hydrogens (tertiary/aromatic N) is 4. The maximum absolute atomic E-state index is 12.6. The lowest BCUT2D eigenvalue weighted by Crippen LogP contribution is -2.44. The van der Waals surface area contributed by atoms with Gasteiger partial charge < -0.3 is 14.5 Å². The Balaban J connectivity index is 1.55.